The molecule has 0 bridgehead atoms. The van der Waals surface area contributed by atoms with Crippen molar-refractivity contribution >= 4 is 33.6 Å². The van der Waals surface area contributed by atoms with E-state index in [0.29, 0.717) is 11.2 Å². The standard InChI is InChI=1S/C62H106N4O2/c1-5-9-13-17-21-25-29-33-37-41-45-51-52(46-42-38-34-30-26-22-18-14-10-6-2)57-53(47-43-39-35-31-27-23-19-15-11-7-3)54(48-44-40-36-32-28-24-20-16-12-8-4)59(62(64)68)66-60(57)58-55(51)49-50-56(65-58)61(63)67/h49-50H,5-48H2,1-4H3,(H2,63,67)(H2,64,68). The fraction of sp³-hybridized carbons (Fsp3) is 0.774. The number of nitrogens with zero attached hydrogens (tertiary/aromatic N) is 2. The van der Waals surface area contributed by atoms with Crippen molar-refractivity contribution in [3.05, 3.63) is 45.8 Å². The first-order valence-electron chi connectivity index (χ1n) is 29.8. The number of amides is 2. The van der Waals surface area contributed by atoms with Gasteiger partial charge in [0.05, 0.1) is 11.0 Å². The number of carbonyl (C=O) groups excluding carboxylic acids is 2. The number of benzene rings is 1. The first-order chi connectivity index (χ1) is 33.4. The predicted octanol–water partition coefficient (Wildman–Crippen LogP) is 18.8. The van der Waals surface area contributed by atoms with Gasteiger partial charge in [-0.2, -0.15) is 0 Å². The van der Waals surface area contributed by atoms with Crippen LogP contribution in [0.1, 0.15) is 328 Å². The monoisotopic (exact) mass is 939 g/mol. The second kappa shape index (κ2) is 38.7. The molecule has 386 valence electrons. The molecule has 4 N–H and O–H groups in total. The first-order valence-corrected chi connectivity index (χ1v) is 29.8. The third-order valence-electron chi connectivity index (χ3n) is 15.1. The summed E-state index contributed by atoms with van der Waals surface area (Å²) in [5, 5.41) is 2.28. The zero-order chi connectivity index (χ0) is 48.9. The summed E-state index contributed by atoms with van der Waals surface area (Å²) in [7, 11) is 0. The molecule has 0 saturated carbocycles. The number of pyridine rings is 2. The minimum absolute atomic E-state index is 0.249. The maximum atomic E-state index is 13.7. The zero-order valence-electron chi connectivity index (χ0n) is 45.1. The van der Waals surface area contributed by atoms with Crippen LogP contribution in [0.25, 0.3) is 21.8 Å². The van der Waals surface area contributed by atoms with Crippen LogP contribution in [0.5, 0.6) is 0 Å². The van der Waals surface area contributed by atoms with Gasteiger partial charge in [-0.05, 0) is 79.7 Å². The lowest BCUT2D eigenvalue weighted by molar-refractivity contribution is 0.0986. The maximum absolute atomic E-state index is 13.7. The van der Waals surface area contributed by atoms with E-state index in [9.17, 15) is 9.59 Å². The molecule has 0 aliphatic heterocycles. The lowest BCUT2D eigenvalue weighted by Crippen LogP contribution is -2.19. The molecule has 0 aliphatic rings. The molecule has 0 radical (unpaired) electrons. The lowest BCUT2D eigenvalue weighted by atomic mass is 9.84. The number of aromatic nitrogens is 2. The van der Waals surface area contributed by atoms with Gasteiger partial charge in [0.1, 0.15) is 11.4 Å². The molecular weight excluding hydrogens is 833 g/mol. The molecule has 2 aromatic heterocycles. The fourth-order valence-corrected chi connectivity index (χ4v) is 11.0. The summed E-state index contributed by atoms with van der Waals surface area (Å²) in [5.41, 5.74) is 19.6. The molecule has 0 spiro atoms. The molecule has 6 nitrogen and oxygen atoms in total. The van der Waals surface area contributed by atoms with Crippen LogP contribution in [-0.2, 0) is 25.7 Å². The minimum Gasteiger partial charge on any atom is -0.364 e. The molecule has 0 saturated heterocycles. The summed E-state index contributed by atoms with van der Waals surface area (Å²) in [6, 6.07) is 3.89. The third kappa shape index (κ3) is 23.3. The number of hydrogen-bond acceptors (Lipinski definition) is 4. The number of hydrogen-bond donors (Lipinski definition) is 2. The van der Waals surface area contributed by atoms with Gasteiger partial charge in [-0.3, -0.25) is 9.59 Å². The van der Waals surface area contributed by atoms with Crippen LogP contribution < -0.4 is 11.5 Å². The van der Waals surface area contributed by atoms with E-state index < -0.39 is 11.8 Å². The van der Waals surface area contributed by atoms with Gasteiger partial charge in [-0.1, -0.05) is 265 Å². The average Bonchev–Trinajstić information content (AvgIpc) is 3.34. The zero-order valence-corrected chi connectivity index (χ0v) is 45.1. The summed E-state index contributed by atoms with van der Waals surface area (Å²) in [6.07, 6.45) is 55.3. The number of nitrogens with two attached hydrogens (primary N) is 2. The molecular formula is C62H106N4O2. The van der Waals surface area contributed by atoms with Crippen molar-refractivity contribution in [2.24, 2.45) is 11.5 Å². The number of unbranched alkanes of at least 4 members (excludes halogenated alkanes) is 36. The molecule has 3 aromatic rings. The Hall–Kier alpha value is -3.02. The van der Waals surface area contributed by atoms with E-state index >= 15 is 0 Å². The Kier molecular flexibility index (Phi) is 33.7. The fourth-order valence-electron chi connectivity index (χ4n) is 11.0. The van der Waals surface area contributed by atoms with E-state index in [2.05, 4.69) is 33.8 Å². The summed E-state index contributed by atoms with van der Waals surface area (Å²) in [5.74, 6) is -0.993. The van der Waals surface area contributed by atoms with Crippen molar-refractivity contribution in [2.75, 3.05) is 0 Å². The second-order valence-corrected chi connectivity index (χ2v) is 21.1. The number of fused-ring (bicyclic) bond motifs is 3. The Morgan fingerprint density at radius 3 is 0.956 bits per heavy atom. The van der Waals surface area contributed by atoms with Crippen molar-refractivity contribution in [1.29, 1.82) is 0 Å². The van der Waals surface area contributed by atoms with Gasteiger partial charge in [-0.15, -0.1) is 0 Å². The molecule has 6 heteroatoms. The van der Waals surface area contributed by atoms with Crippen molar-refractivity contribution in [1.82, 2.24) is 9.97 Å². The van der Waals surface area contributed by atoms with Crippen LogP contribution in [0, 0.1) is 0 Å². The van der Waals surface area contributed by atoms with Crippen molar-refractivity contribution in [2.45, 2.75) is 310 Å². The topological polar surface area (TPSA) is 112 Å². The van der Waals surface area contributed by atoms with Gasteiger partial charge >= 0.3 is 0 Å². The second-order valence-electron chi connectivity index (χ2n) is 21.1. The SMILES string of the molecule is CCCCCCCCCCCCc1c(C(N)=O)nc2c(c1CCCCCCCCCCCC)c(CCCCCCCCCCCC)c(CCCCCCCCCCCC)c1ccc(C(N)=O)nc12. The molecule has 0 unspecified atom stereocenters. The summed E-state index contributed by atoms with van der Waals surface area (Å²) in [4.78, 5) is 36.7. The van der Waals surface area contributed by atoms with Crippen LogP contribution in [0.15, 0.2) is 12.1 Å². The van der Waals surface area contributed by atoms with Crippen LogP contribution in [0.3, 0.4) is 0 Å². The maximum Gasteiger partial charge on any atom is 0.267 e. The van der Waals surface area contributed by atoms with Crippen molar-refractivity contribution < 1.29 is 9.59 Å². The predicted molar refractivity (Wildman–Crippen MR) is 296 cm³/mol. The highest BCUT2D eigenvalue weighted by Crippen LogP contribution is 2.39. The molecule has 1 aromatic carbocycles. The Labute approximate surface area is 418 Å². The molecule has 3 rings (SSSR count). The third-order valence-corrected chi connectivity index (χ3v) is 15.1. The smallest absolute Gasteiger partial charge is 0.267 e. The van der Waals surface area contributed by atoms with Crippen LogP contribution in [0.2, 0.25) is 0 Å². The normalized spacial score (nSPS) is 11.7. The molecule has 2 heterocycles. The Morgan fingerprint density at radius 1 is 0.338 bits per heavy atom. The summed E-state index contributed by atoms with van der Waals surface area (Å²) >= 11 is 0. The first kappa shape index (κ1) is 59.3. The Bertz CT molecular complexity index is 1780. The highest BCUT2D eigenvalue weighted by molar-refractivity contribution is 6.11. The van der Waals surface area contributed by atoms with E-state index in [0.717, 1.165) is 74.3 Å². The number of primary amides is 2. The lowest BCUT2D eigenvalue weighted by Gasteiger charge is -2.23. The Morgan fingerprint density at radius 2 is 0.632 bits per heavy atom. The average molecular weight is 940 g/mol. The van der Waals surface area contributed by atoms with Crippen molar-refractivity contribution in [3.8, 4) is 0 Å². The van der Waals surface area contributed by atoms with Gasteiger partial charge in [0.2, 0.25) is 0 Å². The number of carbonyl (C=O) groups is 2. The van der Waals surface area contributed by atoms with Crippen LogP contribution in [-0.4, -0.2) is 21.8 Å². The molecule has 2 amide bonds. The number of aryl methyl sites for hydroxylation is 3. The summed E-state index contributed by atoms with van der Waals surface area (Å²) < 4.78 is 0. The van der Waals surface area contributed by atoms with Gasteiger partial charge in [0, 0.05) is 10.8 Å². The molecule has 0 aliphatic carbocycles. The highest BCUT2D eigenvalue weighted by atomic mass is 16.1. The molecule has 68 heavy (non-hydrogen) atoms. The molecule has 0 fully saturated rings. The van der Waals surface area contributed by atoms with Crippen molar-refractivity contribution in [3.63, 3.8) is 0 Å². The van der Waals surface area contributed by atoms with Gasteiger partial charge in [0.15, 0.2) is 0 Å². The van der Waals surface area contributed by atoms with E-state index in [-0.39, 0.29) is 5.69 Å². The quantitative estimate of drug-likeness (QED) is 0.0434. The van der Waals surface area contributed by atoms with E-state index in [4.69, 9.17) is 21.4 Å². The van der Waals surface area contributed by atoms with Crippen LogP contribution in [0.4, 0.5) is 0 Å². The van der Waals surface area contributed by atoms with Crippen LogP contribution >= 0.6 is 0 Å². The van der Waals surface area contributed by atoms with E-state index in [1.165, 1.54) is 247 Å². The molecule has 0 atom stereocenters. The van der Waals surface area contributed by atoms with Gasteiger partial charge in [0.25, 0.3) is 11.8 Å². The van der Waals surface area contributed by atoms with Gasteiger partial charge in [-0.25, -0.2) is 9.97 Å². The van der Waals surface area contributed by atoms with E-state index in [1.54, 1.807) is 0 Å². The highest BCUT2D eigenvalue weighted by Gasteiger charge is 2.25. The minimum atomic E-state index is -0.538. The largest absolute Gasteiger partial charge is 0.364 e. The van der Waals surface area contributed by atoms with E-state index in [1.807, 2.05) is 6.07 Å². The summed E-state index contributed by atoms with van der Waals surface area (Å²) in [6.45, 7) is 9.16. The number of rotatable bonds is 46. The Balaban J connectivity index is 2.06. The van der Waals surface area contributed by atoms with Gasteiger partial charge < -0.3 is 11.5 Å².